The quantitative estimate of drug-likeness (QED) is 0.871. The minimum absolute atomic E-state index is 0. The van der Waals surface area contributed by atoms with Crippen LogP contribution < -0.4 is 10.2 Å². The Hall–Kier alpha value is -1.79. The summed E-state index contributed by atoms with van der Waals surface area (Å²) in [5.74, 6) is -0.739. The molecule has 0 unspecified atom stereocenters. The van der Waals surface area contributed by atoms with Crippen molar-refractivity contribution in [3.63, 3.8) is 0 Å². The van der Waals surface area contributed by atoms with Gasteiger partial charge in [0.25, 0.3) is 0 Å². The first-order valence-electron chi connectivity index (χ1n) is 8.25. The molecule has 6 nitrogen and oxygen atoms in total. The molecule has 4 rings (SSSR count). The van der Waals surface area contributed by atoms with Crippen LogP contribution in [0.15, 0.2) is 24.3 Å². The average Bonchev–Trinajstić information content (AvgIpc) is 2.84. The van der Waals surface area contributed by atoms with E-state index in [2.05, 4.69) is 5.32 Å². The number of piperazine rings is 1. The van der Waals surface area contributed by atoms with E-state index in [-0.39, 0.29) is 24.5 Å². The number of carbonyl (C=O) groups is 2. The van der Waals surface area contributed by atoms with Gasteiger partial charge in [-0.25, -0.2) is 4.79 Å². The molecule has 0 bridgehead atoms. The number of carbonyl (C=O) groups excluding carboxylic acids is 1. The highest BCUT2D eigenvalue weighted by atomic mass is 35.5. The van der Waals surface area contributed by atoms with Crippen LogP contribution in [0.4, 0.5) is 10.5 Å². The van der Waals surface area contributed by atoms with Crippen LogP contribution >= 0.6 is 12.4 Å². The molecule has 1 atom stereocenters. The third-order valence-electron chi connectivity index (χ3n) is 5.57. The van der Waals surface area contributed by atoms with Crippen molar-refractivity contribution in [1.29, 1.82) is 0 Å². The number of anilines is 1. The fraction of sp³-hybridized carbons (Fsp3) is 0.529. The van der Waals surface area contributed by atoms with E-state index in [1.54, 1.807) is 4.90 Å². The second-order valence-corrected chi connectivity index (χ2v) is 6.73. The van der Waals surface area contributed by atoms with Crippen molar-refractivity contribution in [3.8, 4) is 0 Å². The Balaban J connectivity index is 0.00000169. The maximum Gasteiger partial charge on any atom is 0.324 e. The van der Waals surface area contributed by atoms with Crippen molar-refractivity contribution in [2.24, 2.45) is 0 Å². The molecule has 2 saturated heterocycles. The van der Waals surface area contributed by atoms with Crippen LogP contribution in [0, 0.1) is 0 Å². The number of nitrogens with zero attached hydrogens (tertiary/aromatic N) is 2. The number of benzene rings is 1. The van der Waals surface area contributed by atoms with Gasteiger partial charge in [0.2, 0.25) is 0 Å². The molecule has 2 aliphatic heterocycles. The van der Waals surface area contributed by atoms with Gasteiger partial charge in [0.15, 0.2) is 0 Å². The van der Waals surface area contributed by atoms with Gasteiger partial charge in [0.05, 0.1) is 11.5 Å². The molecule has 3 aliphatic rings. The normalized spacial score (nSPS) is 24.8. The molecular weight excluding hydrogens is 330 g/mol. The van der Waals surface area contributed by atoms with E-state index in [4.69, 9.17) is 0 Å². The molecule has 1 aromatic rings. The minimum Gasteiger partial charge on any atom is -0.481 e. The van der Waals surface area contributed by atoms with Gasteiger partial charge in [0.1, 0.15) is 0 Å². The fourth-order valence-corrected chi connectivity index (χ4v) is 3.95. The van der Waals surface area contributed by atoms with E-state index in [1.165, 1.54) is 0 Å². The predicted molar refractivity (Wildman–Crippen MR) is 93.0 cm³/mol. The van der Waals surface area contributed by atoms with Gasteiger partial charge in [-0.2, -0.15) is 0 Å². The van der Waals surface area contributed by atoms with E-state index in [9.17, 15) is 14.7 Å². The Labute approximate surface area is 147 Å². The molecule has 7 heteroatoms. The van der Waals surface area contributed by atoms with E-state index in [1.807, 2.05) is 29.2 Å². The zero-order valence-electron chi connectivity index (χ0n) is 13.4. The highest BCUT2D eigenvalue weighted by Crippen LogP contribution is 2.44. The standard InChI is InChI=1S/C17H21N3O3.ClH/c21-15(22)17(6-1-7-17)12-2-4-13(5-3-12)20-11-14-10-18-8-9-19(14)16(20)23;/h2-5,14,18H,1,6-11H2,(H,21,22);1H/t14-;/m0./s1. The first-order valence-corrected chi connectivity index (χ1v) is 8.25. The topological polar surface area (TPSA) is 72.9 Å². The Morgan fingerprint density at radius 3 is 2.50 bits per heavy atom. The number of nitrogens with one attached hydrogen (secondary N) is 1. The molecule has 24 heavy (non-hydrogen) atoms. The van der Waals surface area contributed by atoms with Crippen LogP contribution in [0.2, 0.25) is 0 Å². The summed E-state index contributed by atoms with van der Waals surface area (Å²) in [4.78, 5) is 27.8. The summed E-state index contributed by atoms with van der Waals surface area (Å²) >= 11 is 0. The van der Waals surface area contributed by atoms with E-state index < -0.39 is 11.4 Å². The van der Waals surface area contributed by atoms with Crippen LogP contribution in [0.3, 0.4) is 0 Å². The molecule has 2 N–H and O–H groups in total. The molecule has 1 aromatic carbocycles. The van der Waals surface area contributed by atoms with Gasteiger partial charge in [-0.15, -0.1) is 12.4 Å². The Morgan fingerprint density at radius 2 is 1.96 bits per heavy atom. The fourth-order valence-electron chi connectivity index (χ4n) is 3.95. The van der Waals surface area contributed by atoms with Gasteiger partial charge in [0, 0.05) is 31.9 Å². The first-order chi connectivity index (χ1) is 11.1. The summed E-state index contributed by atoms with van der Waals surface area (Å²) in [6, 6.07) is 7.83. The molecule has 1 saturated carbocycles. The number of carboxylic acids is 1. The molecule has 0 spiro atoms. The predicted octanol–water partition coefficient (Wildman–Crippen LogP) is 1.83. The van der Waals surface area contributed by atoms with Gasteiger partial charge in [-0.1, -0.05) is 18.6 Å². The SMILES string of the molecule is Cl.O=C1N(c2ccc(C3(C(=O)O)CCC3)cc2)C[C@@H]2CNCCN12. The van der Waals surface area contributed by atoms with Crippen LogP contribution in [-0.4, -0.2) is 54.2 Å². The van der Waals surface area contributed by atoms with E-state index in [0.29, 0.717) is 19.4 Å². The third kappa shape index (κ3) is 2.45. The second-order valence-electron chi connectivity index (χ2n) is 6.73. The van der Waals surface area contributed by atoms with E-state index in [0.717, 1.165) is 37.3 Å². The molecule has 1 aliphatic carbocycles. The number of hydrogen-bond acceptors (Lipinski definition) is 3. The lowest BCUT2D eigenvalue weighted by Gasteiger charge is -2.38. The summed E-state index contributed by atoms with van der Waals surface area (Å²) in [6.07, 6.45) is 2.36. The van der Waals surface area contributed by atoms with Gasteiger partial charge >= 0.3 is 12.0 Å². The van der Waals surface area contributed by atoms with Crippen LogP contribution in [0.5, 0.6) is 0 Å². The lowest BCUT2D eigenvalue weighted by atomic mass is 9.64. The zero-order chi connectivity index (χ0) is 16.0. The van der Waals surface area contributed by atoms with Crippen LogP contribution in [0.25, 0.3) is 0 Å². The number of aliphatic carboxylic acids is 1. The monoisotopic (exact) mass is 351 g/mol. The van der Waals surface area contributed by atoms with Gasteiger partial charge in [-0.05, 0) is 30.5 Å². The highest BCUT2D eigenvalue weighted by molar-refractivity contribution is 5.95. The smallest absolute Gasteiger partial charge is 0.324 e. The Kier molecular flexibility index (Phi) is 4.44. The summed E-state index contributed by atoms with van der Waals surface area (Å²) in [7, 11) is 0. The van der Waals surface area contributed by atoms with Crippen LogP contribution in [0.1, 0.15) is 24.8 Å². The summed E-state index contributed by atoms with van der Waals surface area (Å²) in [5, 5.41) is 12.8. The summed E-state index contributed by atoms with van der Waals surface area (Å²) in [6.45, 7) is 3.12. The number of rotatable bonds is 3. The van der Waals surface area contributed by atoms with Crippen molar-refractivity contribution in [3.05, 3.63) is 29.8 Å². The summed E-state index contributed by atoms with van der Waals surface area (Å²) < 4.78 is 0. The molecule has 0 aromatic heterocycles. The van der Waals surface area contributed by atoms with Crippen molar-refractivity contribution < 1.29 is 14.7 Å². The van der Waals surface area contributed by atoms with Gasteiger partial charge in [-0.3, -0.25) is 9.69 Å². The van der Waals surface area contributed by atoms with E-state index >= 15 is 0 Å². The molecular formula is C17H22ClN3O3. The van der Waals surface area contributed by atoms with Crippen molar-refractivity contribution in [2.45, 2.75) is 30.7 Å². The summed E-state index contributed by atoms with van der Waals surface area (Å²) in [5.41, 5.74) is 0.994. The number of amides is 2. The molecule has 0 radical (unpaired) electrons. The van der Waals surface area contributed by atoms with Crippen molar-refractivity contribution in [1.82, 2.24) is 10.2 Å². The number of hydrogen-bond donors (Lipinski definition) is 2. The second kappa shape index (κ2) is 6.26. The van der Waals surface area contributed by atoms with Crippen LogP contribution in [-0.2, 0) is 10.2 Å². The molecule has 2 heterocycles. The molecule has 3 fully saturated rings. The average molecular weight is 352 g/mol. The lowest BCUT2D eigenvalue weighted by molar-refractivity contribution is -0.147. The first kappa shape index (κ1) is 17.0. The molecule has 2 amide bonds. The maximum absolute atomic E-state index is 12.5. The zero-order valence-corrected chi connectivity index (χ0v) is 14.2. The number of carboxylic acid groups (broad SMARTS) is 1. The Morgan fingerprint density at radius 1 is 1.25 bits per heavy atom. The van der Waals surface area contributed by atoms with Crippen molar-refractivity contribution in [2.75, 3.05) is 31.1 Å². The highest BCUT2D eigenvalue weighted by Gasteiger charge is 2.46. The maximum atomic E-state index is 12.5. The third-order valence-corrected chi connectivity index (χ3v) is 5.57. The minimum atomic E-state index is -0.739. The Bertz CT molecular complexity index is 645. The molecule has 130 valence electrons. The number of fused-ring (bicyclic) bond motifs is 1. The largest absolute Gasteiger partial charge is 0.481 e. The van der Waals surface area contributed by atoms with Crippen molar-refractivity contribution >= 4 is 30.1 Å². The van der Waals surface area contributed by atoms with Gasteiger partial charge < -0.3 is 15.3 Å². The number of urea groups is 1. The lowest BCUT2D eigenvalue weighted by Crippen LogP contribution is -2.49. The number of halogens is 1.